The Morgan fingerprint density at radius 2 is 1.88 bits per heavy atom. The van der Waals surface area contributed by atoms with Crippen LogP contribution in [0.3, 0.4) is 0 Å². The van der Waals surface area contributed by atoms with E-state index >= 15 is 0 Å². The maximum atomic E-state index is 11.8. The van der Waals surface area contributed by atoms with Crippen LogP contribution in [0.2, 0.25) is 0 Å². The normalized spacial score (nSPS) is 10.2. The summed E-state index contributed by atoms with van der Waals surface area (Å²) in [6, 6.07) is 6.49. The molecule has 0 aliphatic rings. The van der Waals surface area contributed by atoms with Crippen molar-refractivity contribution in [3.63, 3.8) is 0 Å². The van der Waals surface area contributed by atoms with E-state index in [2.05, 4.69) is 22.9 Å². The minimum Gasteiger partial charge on any atom is -0.872 e. The van der Waals surface area contributed by atoms with Crippen LogP contribution in [0.5, 0.6) is 11.5 Å². The number of halogens is 1. The zero-order valence-corrected chi connectivity index (χ0v) is 11.8. The van der Waals surface area contributed by atoms with Crippen molar-refractivity contribution >= 4 is 26.7 Å². The van der Waals surface area contributed by atoms with Gasteiger partial charge in [0.05, 0.1) is 0 Å². The summed E-state index contributed by atoms with van der Waals surface area (Å²) >= 11 is 3.47. The average Bonchev–Trinajstić information content (AvgIpc) is 2.25. The quantitative estimate of drug-likeness (QED) is 0.791. The molecule has 0 atom stereocenters. The third-order valence-corrected chi connectivity index (χ3v) is 3.55. The van der Waals surface area contributed by atoms with Gasteiger partial charge in [0, 0.05) is 4.47 Å². The Bertz CT molecular complexity index is 540. The zero-order chi connectivity index (χ0) is 11.7. The zero-order valence-electron chi connectivity index (χ0n) is 9.23. The summed E-state index contributed by atoms with van der Waals surface area (Å²) in [5.74, 6) is -0.376. The molecule has 0 radical (unpaired) electrons. The van der Waals surface area contributed by atoms with Gasteiger partial charge in [0.15, 0.2) is 0 Å². The first kappa shape index (κ1) is 14.3. The van der Waals surface area contributed by atoms with E-state index < -0.39 is 0 Å². The molecule has 2 aromatic carbocycles. The second kappa shape index (κ2) is 5.74. The molecule has 0 fully saturated rings. The summed E-state index contributed by atoms with van der Waals surface area (Å²) in [6.45, 7) is 2.06. The first-order valence-corrected chi connectivity index (χ1v) is 6.02. The topological polar surface area (TPSA) is 46.1 Å². The molecule has 2 nitrogen and oxygen atoms in total. The molecule has 0 aliphatic carbocycles. The van der Waals surface area contributed by atoms with Crippen molar-refractivity contribution in [2.24, 2.45) is 0 Å². The van der Waals surface area contributed by atoms with Crippen LogP contribution in [0.1, 0.15) is 18.9 Å². The third kappa shape index (κ3) is 2.58. The smallest absolute Gasteiger partial charge is 0.872 e. The Labute approximate surface area is 119 Å². The van der Waals surface area contributed by atoms with Crippen LogP contribution in [0.4, 0.5) is 0 Å². The first-order chi connectivity index (χ1) is 7.65. The second-order valence-electron chi connectivity index (χ2n) is 3.78. The SMILES string of the molecule is CCCc1cc([O-])c2c([O-])cccc2c1Br.[Ni+2]. The van der Waals surface area contributed by atoms with Crippen LogP contribution in [-0.2, 0) is 22.9 Å². The Hall–Kier alpha value is -0.726. The van der Waals surface area contributed by atoms with Crippen molar-refractivity contribution in [3.05, 3.63) is 34.3 Å². The van der Waals surface area contributed by atoms with Gasteiger partial charge in [-0.25, -0.2) is 0 Å². The Kier molecular flexibility index (Phi) is 4.84. The van der Waals surface area contributed by atoms with Crippen LogP contribution in [0.25, 0.3) is 10.8 Å². The van der Waals surface area contributed by atoms with E-state index in [9.17, 15) is 10.2 Å². The van der Waals surface area contributed by atoms with Gasteiger partial charge in [0.1, 0.15) is 0 Å². The molecule has 0 saturated carbocycles. The molecule has 4 heteroatoms. The van der Waals surface area contributed by atoms with Gasteiger partial charge in [0.2, 0.25) is 0 Å². The molecule has 17 heavy (non-hydrogen) atoms. The molecule has 92 valence electrons. The Morgan fingerprint density at radius 1 is 1.18 bits per heavy atom. The summed E-state index contributed by atoms with van der Waals surface area (Å²) in [5.41, 5.74) is 0.977. The summed E-state index contributed by atoms with van der Waals surface area (Å²) < 4.78 is 0.877. The van der Waals surface area contributed by atoms with Crippen LogP contribution >= 0.6 is 15.9 Å². The van der Waals surface area contributed by atoms with E-state index in [0.717, 1.165) is 28.3 Å². The summed E-state index contributed by atoms with van der Waals surface area (Å²) in [7, 11) is 0. The van der Waals surface area contributed by atoms with Gasteiger partial charge < -0.3 is 10.2 Å². The molecule has 0 heterocycles. The molecule has 0 saturated heterocycles. The minimum atomic E-state index is -0.203. The summed E-state index contributed by atoms with van der Waals surface area (Å²) in [4.78, 5) is 0. The fraction of sp³-hybridized carbons (Fsp3) is 0.231. The van der Waals surface area contributed by atoms with Gasteiger partial charge in [-0.1, -0.05) is 37.6 Å². The van der Waals surface area contributed by atoms with Gasteiger partial charge in [-0.2, -0.15) is 0 Å². The fourth-order valence-electron chi connectivity index (χ4n) is 1.89. The molecule has 2 aromatic rings. The van der Waals surface area contributed by atoms with Gasteiger partial charge in [-0.15, -0.1) is 11.5 Å². The molecular weight excluding hydrogens is 327 g/mol. The number of benzene rings is 2. The number of hydrogen-bond donors (Lipinski definition) is 0. The van der Waals surface area contributed by atoms with Gasteiger partial charge in [0.25, 0.3) is 0 Å². The average molecular weight is 338 g/mol. The Morgan fingerprint density at radius 3 is 2.53 bits per heavy atom. The van der Waals surface area contributed by atoms with Crippen molar-refractivity contribution < 1.29 is 26.7 Å². The van der Waals surface area contributed by atoms with Crippen molar-refractivity contribution in [2.45, 2.75) is 19.8 Å². The Balaban J connectivity index is 0.00000144. The van der Waals surface area contributed by atoms with Gasteiger partial charge in [-0.3, -0.25) is 0 Å². The molecule has 0 amide bonds. The number of rotatable bonds is 2. The molecule has 2 rings (SSSR count). The van der Waals surface area contributed by atoms with Crippen molar-refractivity contribution in [1.29, 1.82) is 0 Å². The molecule has 0 unspecified atom stereocenters. The van der Waals surface area contributed by atoms with Gasteiger partial charge >= 0.3 is 16.5 Å². The van der Waals surface area contributed by atoms with E-state index in [1.54, 1.807) is 18.2 Å². The molecule has 0 aliphatic heterocycles. The van der Waals surface area contributed by atoms with Crippen LogP contribution < -0.4 is 10.2 Å². The maximum Gasteiger partial charge on any atom is 2.00 e. The number of aryl methyl sites for hydroxylation is 1. The van der Waals surface area contributed by atoms with Crippen molar-refractivity contribution in [2.75, 3.05) is 0 Å². The monoisotopic (exact) mass is 336 g/mol. The van der Waals surface area contributed by atoms with E-state index in [-0.39, 0.29) is 33.4 Å². The predicted octanol–water partition coefficient (Wildman–Crippen LogP) is 2.70. The van der Waals surface area contributed by atoms with E-state index in [1.165, 1.54) is 6.07 Å². The van der Waals surface area contributed by atoms with Crippen LogP contribution in [0, 0.1) is 0 Å². The van der Waals surface area contributed by atoms with Crippen LogP contribution in [0.15, 0.2) is 28.7 Å². The minimum absolute atomic E-state index is 0. The summed E-state index contributed by atoms with van der Waals surface area (Å²) in [6.07, 6.45) is 1.81. The van der Waals surface area contributed by atoms with Gasteiger partial charge in [-0.05, 0) is 38.7 Å². The van der Waals surface area contributed by atoms with E-state index in [0.29, 0.717) is 0 Å². The van der Waals surface area contributed by atoms with Crippen molar-refractivity contribution in [1.82, 2.24) is 0 Å². The third-order valence-electron chi connectivity index (χ3n) is 2.62. The van der Waals surface area contributed by atoms with Crippen molar-refractivity contribution in [3.8, 4) is 11.5 Å². The molecule has 0 bridgehead atoms. The largest absolute Gasteiger partial charge is 2.00 e. The molecule has 0 spiro atoms. The summed E-state index contributed by atoms with van der Waals surface area (Å²) in [5, 5.41) is 24.4. The van der Waals surface area contributed by atoms with Crippen LogP contribution in [-0.4, -0.2) is 0 Å². The first-order valence-electron chi connectivity index (χ1n) is 5.23. The fourth-order valence-corrected chi connectivity index (χ4v) is 2.53. The standard InChI is InChI=1S/C13H13BrO2.Ni/c1-2-4-8-7-11(16)12-9(13(8)14)5-3-6-10(12)15;/h3,5-7,15-16H,2,4H2,1H3;/q;+2/p-2. The molecule has 0 aromatic heterocycles. The number of hydrogen-bond acceptors (Lipinski definition) is 2. The van der Waals surface area contributed by atoms with E-state index in [1.807, 2.05) is 0 Å². The van der Waals surface area contributed by atoms with E-state index in [4.69, 9.17) is 0 Å². The number of fused-ring (bicyclic) bond motifs is 1. The maximum absolute atomic E-state index is 11.8. The molecular formula is C13H11BrNiO2. The predicted molar refractivity (Wildman–Crippen MR) is 64.5 cm³/mol. The molecule has 0 N–H and O–H groups in total. The second-order valence-corrected chi connectivity index (χ2v) is 4.57.